The first-order chi connectivity index (χ1) is 20.2. The van der Waals surface area contributed by atoms with Gasteiger partial charge in [0.05, 0.1) is 55.3 Å². The lowest BCUT2D eigenvalue weighted by Crippen LogP contribution is -2.31. The van der Waals surface area contributed by atoms with Crippen molar-refractivity contribution in [3.05, 3.63) is 47.8 Å². The number of nitrogens with one attached hydrogen (secondary N) is 1. The van der Waals surface area contributed by atoms with E-state index in [2.05, 4.69) is 21.6 Å². The van der Waals surface area contributed by atoms with E-state index in [0.29, 0.717) is 47.1 Å². The van der Waals surface area contributed by atoms with Crippen LogP contribution in [-0.2, 0) is 18.3 Å². The minimum atomic E-state index is -3.25. The van der Waals surface area contributed by atoms with E-state index in [1.807, 2.05) is 12.3 Å². The maximum Gasteiger partial charge on any atom is 0.387 e. The number of fused-ring (bicyclic) bond motifs is 1. The van der Waals surface area contributed by atoms with Crippen LogP contribution in [0.2, 0.25) is 0 Å². The minimum absolute atomic E-state index is 0.0586. The zero-order valence-electron chi connectivity index (χ0n) is 22.9. The zero-order valence-corrected chi connectivity index (χ0v) is 22.9. The van der Waals surface area contributed by atoms with Crippen molar-refractivity contribution in [3.8, 4) is 40.0 Å². The van der Waals surface area contributed by atoms with Crippen molar-refractivity contribution in [2.75, 3.05) is 20.3 Å². The molecular formula is C29H27F3N6O4. The fourth-order valence-corrected chi connectivity index (χ4v) is 5.10. The molecule has 0 spiro atoms. The van der Waals surface area contributed by atoms with Crippen LogP contribution in [0.3, 0.4) is 0 Å². The number of aryl methyl sites for hydroxylation is 1. The van der Waals surface area contributed by atoms with E-state index >= 15 is 0 Å². The first-order valence-electron chi connectivity index (χ1n) is 13.4. The number of amides is 1. The van der Waals surface area contributed by atoms with Crippen molar-refractivity contribution in [3.63, 3.8) is 0 Å². The molecule has 2 fully saturated rings. The molecule has 1 amide bonds. The van der Waals surface area contributed by atoms with Crippen molar-refractivity contribution < 1.29 is 32.2 Å². The second kappa shape index (κ2) is 10.7. The fraction of sp³-hybridized carbons (Fsp3) is 0.379. The van der Waals surface area contributed by atoms with Crippen LogP contribution in [0, 0.1) is 11.3 Å². The van der Waals surface area contributed by atoms with Gasteiger partial charge in [-0.05, 0) is 49.1 Å². The molecule has 1 aliphatic carbocycles. The van der Waals surface area contributed by atoms with Crippen molar-refractivity contribution in [1.29, 1.82) is 5.26 Å². The Balaban J connectivity index is 1.41. The third-order valence-electron chi connectivity index (χ3n) is 7.57. The average molecular weight is 581 g/mol. The van der Waals surface area contributed by atoms with Gasteiger partial charge in [-0.3, -0.25) is 14.2 Å². The van der Waals surface area contributed by atoms with Gasteiger partial charge >= 0.3 is 6.61 Å². The number of nitriles is 1. The first-order valence-corrected chi connectivity index (χ1v) is 13.4. The van der Waals surface area contributed by atoms with Crippen molar-refractivity contribution >= 4 is 16.8 Å². The Morgan fingerprint density at radius 1 is 1.24 bits per heavy atom. The zero-order chi connectivity index (χ0) is 29.6. The highest BCUT2D eigenvalue weighted by atomic mass is 19.3. The maximum absolute atomic E-state index is 14.1. The van der Waals surface area contributed by atoms with Crippen LogP contribution >= 0.6 is 0 Å². The van der Waals surface area contributed by atoms with Crippen LogP contribution in [0.25, 0.3) is 33.3 Å². The van der Waals surface area contributed by atoms with Crippen LogP contribution in [0.4, 0.5) is 13.2 Å². The Bertz CT molecular complexity index is 1720. The van der Waals surface area contributed by atoms with Crippen molar-refractivity contribution in [1.82, 2.24) is 24.9 Å². The van der Waals surface area contributed by atoms with Crippen LogP contribution < -0.4 is 14.8 Å². The summed E-state index contributed by atoms with van der Waals surface area (Å²) >= 11 is 0. The number of methoxy groups -OCH3 is 1. The molecule has 1 saturated heterocycles. The lowest BCUT2D eigenvalue weighted by molar-refractivity contribution is -0.0609. The number of rotatable bonds is 10. The maximum atomic E-state index is 14.1. The Hall–Kier alpha value is -4.57. The molecular weight excluding hydrogens is 553 g/mol. The number of ether oxygens (including phenoxy) is 3. The number of alkyl halides is 3. The number of hydrogen-bond acceptors (Lipinski definition) is 7. The summed E-state index contributed by atoms with van der Waals surface area (Å²) in [6.07, 6.45) is 5.34. The van der Waals surface area contributed by atoms with E-state index in [1.165, 1.54) is 23.9 Å². The van der Waals surface area contributed by atoms with Gasteiger partial charge in [-0.2, -0.15) is 24.2 Å². The van der Waals surface area contributed by atoms with Crippen molar-refractivity contribution in [2.24, 2.45) is 7.05 Å². The largest absolute Gasteiger partial charge is 0.496 e. The summed E-state index contributed by atoms with van der Waals surface area (Å²) in [5.74, 6) is -1.32. The summed E-state index contributed by atoms with van der Waals surface area (Å²) in [6.45, 7) is -2.11. The third-order valence-corrected chi connectivity index (χ3v) is 7.57. The highest BCUT2D eigenvalue weighted by molar-refractivity contribution is 6.03. The number of carbonyl (C=O) groups is 1. The van der Waals surface area contributed by atoms with E-state index in [9.17, 15) is 23.2 Å². The number of nitrogens with zero attached hydrogens (tertiary/aromatic N) is 5. The first kappa shape index (κ1) is 27.6. The second-order valence-corrected chi connectivity index (χ2v) is 10.5. The average Bonchev–Trinajstić information content (AvgIpc) is 3.33. The molecule has 1 N–H and O–H groups in total. The van der Waals surface area contributed by atoms with E-state index in [1.54, 1.807) is 24.0 Å². The Morgan fingerprint density at radius 3 is 2.64 bits per heavy atom. The van der Waals surface area contributed by atoms with Gasteiger partial charge in [0.15, 0.2) is 0 Å². The molecule has 3 heterocycles. The molecule has 1 aliphatic heterocycles. The van der Waals surface area contributed by atoms with E-state index < -0.39 is 23.9 Å². The summed E-state index contributed by atoms with van der Waals surface area (Å²) < 4.78 is 60.1. The van der Waals surface area contributed by atoms with Gasteiger partial charge < -0.3 is 19.5 Å². The van der Waals surface area contributed by atoms with Gasteiger partial charge in [0, 0.05) is 36.4 Å². The Kier molecular flexibility index (Phi) is 7.02. The standard InChI is InChI=1S/C29H27F3N6O4/c1-37-26(17-9-22(40-2)25(23(10-17)42-28(30)31)27(39)34-15-29(32)4-5-29)24-18(11-33)7-16(8-21(24)36-37)19-12-35-38(13-19)14-20-3-6-41-20/h7-10,12-13,20,28H,3-6,14-15H2,1-2H3,(H,34,39). The lowest BCUT2D eigenvalue weighted by atomic mass is 9.97. The number of aromatic nitrogens is 4. The van der Waals surface area contributed by atoms with Gasteiger partial charge in [0.2, 0.25) is 0 Å². The van der Waals surface area contributed by atoms with Crippen molar-refractivity contribution in [2.45, 2.75) is 44.2 Å². The molecule has 2 aromatic heterocycles. The van der Waals surface area contributed by atoms with Crippen LogP contribution in [0.15, 0.2) is 36.7 Å². The lowest BCUT2D eigenvalue weighted by Gasteiger charge is -2.25. The van der Waals surface area contributed by atoms with Gasteiger partial charge in [-0.15, -0.1) is 0 Å². The molecule has 4 aromatic rings. The SMILES string of the molecule is COc1cc(-c2c3c(C#N)cc(-c4cnn(CC5CCO5)c4)cc3nn2C)cc(OC(F)F)c1C(=O)NCC1(F)CC1. The molecule has 218 valence electrons. The van der Waals surface area contributed by atoms with Gasteiger partial charge in [-0.25, -0.2) is 4.39 Å². The molecule has 10 nitrogen and oxygen atoms in total. The number of benzene rings is 2. The topological polar surface area (TPSA) is 116 Å². The number of hydrogen-bond donors (Lipinski definition) is 1. The second-order valence-electron chi connectivity index (χ2n) is 10.5. The molecule has 2 aromatic carbocycles. The molecule has 42 heavy (non-hydrogen) atoms. The highest BCUT2D eigenvalue weighted by Gasteiger charge is 2.43. The molecule has 0 radical (unpaired) electrons. The monoisotopic (exact) mass is 580 g/mol. The third kappa shape index (κ3) is 5.25. The summed E-state index contributed by atoms with van der Waals surface area (Å²) in [7, 11) is 2.94. The smallest absolute Gasteiger partial charge is 0.387 e. The fourth-order valence-electron chi connectivity index (χ4n) is 5.10. The normalized spacial score (nSPS) is 17.1. The molecule has 1 unspecified atom stereocenters. The summed E-state index contributed by atoms with van der Waals surface area (Å²) in [4.78, 5) is 13.0. The summed E-state index contributed by atoms with van der Waals surface area (Å²) in [6, 6.07) is 8.51. The van der Waals surface area contributed by atoms with Crippen LogP contribution in [0.5, 0.6) is 11.5 Å². The van der Waals surface area contributed by atoms with Crippen LogP contribution in [-0.4, -0.2) is 64.1 Å². The quantitative estimate of drug-likeness (QED) is 0.291. The van der Waals surface area contributed by atoms with E-state index in [0.717, 1.165) is 24.2 Å². The van der Waals surface area contributed by atoms with Gasteiger partial charge in [0.25, 0.3) is 5.91 Å². The molecule has 13 heteroatoms. The minimum Gasteiger partial charge on any atom is -0.496 e. The molecule has 2 aliphatic rings. The van der Waals surface area contributed by atoms with E-state index in [4.69, 9.17) is 14.2 Å². The highest BCUT2D eigenvalue weighted by Crippen LogP contribution is 2.41. The Labute approximate surface area is 238 Å². The summed E-state index contributed by atoms with van der Waals surface area (Å²) in [5, 5.41) is 22.1. The Morgan fingerprint density at radius 2 is 2.00 bits per heavy atom. The van der Waals surface area contributed by atoms with Crippen LogP contribution in [0.1, 0.15) is 35.2 Å². The number of halogens is 3. The summed E-state index contributed by atoms with van der Waals surface area (Å²) in [5.41, 5.74) is 1.30. The molecule has 1 saturated carbocycles. The molecule has 6 rings (SSSR count). The van der Waals surface area contributed by atoms with Gasteiger partial charge in [0.1, 0.15) is 22.7 Å². The molecule has 0 bridgehead atoms. The predicted molar refractivity (Wildman–Crippen MR) is 145 cm³/mol. The van der Waals surface area contributed by atoms with E-state index in [-0.39, 0.29) is 24.0 Å². The number of carbonyl (C=O) groups excluding carboxylic acids is 1. The van der Waals surface area contributed by atoms with Gasteiger partial charge in [-0.1, -0.05) is 0 Å². The molecule has 1 atom stereocenters. The predicted octanol–water partition coefficient (Wildman–Crippen LogP) is 4.61.